The third-order valence-corrected chi connectivity index (χ3v) is 12.2. The Morgan fingerprint density at radius 3 is 2.57 bits per heavy atom. The number of para-hydroxylation sites is 1. The number of alkyl halides is 3. The second-order valence-electron chi connectivity index (χ2n) is 14.2. The van der Waals surface area contributed by atoms with Crippen molar-refractivity contribution in [3.05, 3.63) is 66.2 Å². The van der Waals surface area contributed by atoms with Gasteiger partial charge >= 0.3 is 6.18 Å². The molecule has 2 aromatic carbocycles. The molecule has 0 spiro atoms. The molecule has 278 valence electrons. The van der Waals surface area contributed by atoms with Crippen LogP contribution >= 0.6 is 0 Å². The Morgan fingerprint density at radius 1 is 1.04 bits per heavy atom. The van der Waals surface area contributed by atoms with Gasteiger partial charge in [0.2, 0.25) is 27.4 Å². The van der Waals surface area contributed by atoms with Crippen molar-refractivity contribution in [2.75, 3.05) is 6.54 Å². The van der Waals surface area contributed by atoms with E-state index in [4.69, 9.17) is 9.15 Å². The maximum absolute atomic E-state index is 14.1. The summed E-state index contributed by atoms with van der Waals surface area (Å²) in [7, 11) is -3.89. The zero-order chi connectivity index (χ0) is 37.1. The fraction of sp³-hybridized carbons (Fsp3) is 0.432. The molecule has 2 aliphatic heterocycles. The largest absolute Gasteiger partial charge is 0.470 e. The molecule has 12 nitrogen and oxygen atoms in total. The van der Waals surface area contributed by atoms with E-state index in [9.17, 15) is 36.0 Å². The van der Waals surface area contributed by atoms with Crippen molar-refractivity contribution in [2.24, 2.45) is 5.92 Å². The highest BCUT2D eigenvalue weighted by molar-refractivity contribution is 7.91. The molecule has 0 radical (unpaired) electrons. The topological polar surface area (TPSA) is 161 Å². The number of fused-ring (bicyclic) bond motifs is 5. The van der Waals surface area contributed by atoms with Crippen LogP contribution in [-0.2, 0) is 30.6 Å². The van der Waals surface area contributed by atoms with Gasteiger partial charge in [0.15, 0.2) is 5.82 Å². The fourth-order valence-corrected chi connectivity index (χ4v) is 8.60. The van der Waals surface area contributed by atoms with Crippen LogP contribution in [0.25, 0.3) is 33.5 Å². The summed E-state index contributed by atoms with van der Waals surface area (Å²) in [6.07, 6.45) is 2.71. The van der Waals surface area contributed by atoms with Crippen molar-refractivity contribution in [1.29, 1.82) is 0 Å². The Bertz CT molecular complexity index is 2250. The van der Waals surface area contributed by atoms with Crippen molar-refractivity contribution in [3.63, 3.8) is 0 Å². The first-order chi connectivity index (χ1) is 25.3. The standard InChI is InChI=1S/C37H36F3N5O7S/c38-37(39,40)22-14-12-21(13-15-22)32-41-30-26-9-6-7-10-28(26)52-31(30)34(42-32)51-24-18-27-33(47)43-36(35(48)44-53(49,50)25-16-17-25)19-23(36)8-4-2-1-3-5-11-29(46)45(27)20-24/h4,6-10,12-15,23-25,27H,1-3,5,11,16-20H2,(H,43,47)(H,44,48)/b8-4-/t23-,24+,27-,36+/m0/s1. The summed E-state index contributed by atoms with van der Waals surface area (Å²) in [5.41, 5.74) is -0.986. The monoisotopic (exact) mass is 751 g/mol. The zero-order valence-corrected chi connectivity index (χ0v) is 29.2. The summed E-state index contributed by atoms with van der Waals surface area (Å²) in [6.45, 7) is -0.00313. The Kier molecular flexibility index (Phi) is 8.70. The van der Waals surface area contributed by atoms with Crippen molar-refractivity contribution >= 4 is 49.8 Å². The summed E-state index contributed by atoms with van der Waals surface area (Å²) in [5, 5.41) is 2.82. The Hall–Kier alpha value is -4.99. The molecular weight excluding hydrogens is 715 g/mol. The molecule has 2 aliphatic carbocycles. The summed E-state index contributed by atoms with van der Waals surface area (Å²) in [6, 6.07) is 10.4. The summed E-state index contributed by atoms with van der Waals surface area (Å²) in [5.74, 6) is -2.04. The van der Waals surface area contributed by atoms with E-state index < -0.39 is 62.4 Å². The second-order valence-corrected chi connectivity index (χ2v) is 16.2. The Labute approximate surface area is 302 Å². The number of sulfonamides is 1. The number of aromatic nitrogens is 2. The molecule has 3 fully saturated rings. The molecule has 0 unspecified atom stereocenters. The fourth-order valence-electron chi connectivity index (χ4n) is 7.23. The molecule has 4 aromatic rings. The van der Waals surface area contributed by atoms with E-state index in [-0.39, 0.29) is 49.0 Å². The first-order valence-electron chi connectivity index (χ1n) is 17.7. The lowest BCUT2D eigenvalue weighted by atomic mass is 10.1. The van der Waals surface area contributed by atoms with E-state index in [2.05, 4.69) is 20.0 Å². The van der Waals surface area contributed by atoms with E-state index in [1.807, 2.05) is 12.2 Å². The molecule has 3 amide bonds. The molecule has 1 saturated heterocycles. The molecule has 16 heteroatoms. The predicted molar refractivity (Wildman–Crippen MR) is 186 cm³/mol. The van der Waals surface area contributed by atoms with E-state index >= 15 is 0 Å². The SMILES string of the molecule is O=C1N[C@]2(C(=O)NS(=O)(=O)C3CC3)C[C@@H]2/C=C\CCCCCC(=O)N2C[C@H](Oc3nc(-c4ccc(C(F)(F)F)cc4)nc4c3oc3ccccc34)C[C@@H]12. The maximum atomic E-state index is 14.1. The Balaban J connectivity index is 1.11. The van der Waals surface area contributed by atoms with Gasteiger partial charge in [0.05, 0.1) is 17.4 Å². The number of carbonyl (C=O) groups excluding carboxylic acids is 3. The van der Waals surface area contributed by atoms with E-state index in [1.54, 1.807) is 24.3 Å². The minimum absolute atomic E-state index is 0.00313. The normalized spacial score (nSPS) is 26.0. The average molecular weight is 752 g/mol. The smallest absolute Gasteiger partial charge is 0.416 e. The molecule has 8 rings (SSSR count). The van der Waals surface area contributed by atoms with Gasteiger partial charge in [0, 0.05) is 29.7 Å². The number of hydrogen-bond acceptors (Lipinski definition) is 9. The van der Waals surface area contributed by atoms with E-state index in [0.29, 0.717) is 47.7 Å². The zero-order valence-electron chi connectivity index (χ0n) is 28.4. The van der Waals surface area contributed by atoms with Gasteiger partial charge in [-0.05, 0) is 62.8 Å². The molecule has 2 saturated carbocycles. The lowest BCUT2D eigenvalue weighted by Crippen LogP contribution is -2.56. The van der Waals surface area contributed by atoms with Crippen LogP contribution in [0.4, 0.5) is 13.2 Å². The third-order valence-electron chi connectivity index (χ3n) is 10.4. The number of nitrogens with one attached hydrogen (secondary N) is 2. The van der Waals surface area contributed by atoms with Crippen molar-refractivity contribution in [3.8, 4) is 17.3 Å². The second kappa shape index (κ2) is 13.1. The van der Waals surface area contributed by atoms with Gasteiger partial charge in [0.25, 0.3) is 11.8 Å². The first-order valence-corrected chi connectivity index (χ1v) is 19.2. The summed E-state index contributed by atoms with van der Waals surface area (Å²) >= 11 is 0. The average Bonchev–Trinajstić information content (AvgIpc) is 4.02. The van der Waals surface area contributed by atoms with Gasteiger partial charge in [-0.1, -0.05) is 42.8 Å². The molecule has 4 heterocycles. The number of ether oxygens (including phenoxy) is 1. The van der Waals surface area contributed by atoms with Gasteiger partial charge in [-0.2, -0.15) is 18.2 Å². The van der Waals surface area contributed by atoms with Crippen LogP contribution in [0.3, 0.4) is 0 Å². The first kappa shape index (κ1) is 35.1. The number of nitrogens with zero attached hydrogens (tertiary/aromatic N) is 3. The number of rotatable bonds is 6. The minimum Gasteiger partial charge on any atom is -0.470 e. The quantitative estimate of drug-likeness (QED) is 0.246. The lowest BCUT2D eigenvalue weighted by Gasteiger charge is -2.26. The van der Waals surface area contributed by atoms with Crippen LogP contribution in [0.2, 0.25) is 0 Å². The number of halogens is 3. The van der Waals surface area contributed by atoms with Crippen LogP contribution in [0, 0.1) is 5.92 Å². The number of furan rings is 1. The van der Waals surface area contributed by atoms with Crippen molar-refractivity contribution in [1.82, 2.24) is 24.9 Å². The number of amides is 3. The van der Waals surface area contributed by atoms with Crippen molar-refractivity contribution in [2.45, 2.75) is 86.9 Å². The molecular formula is C37H36F3N5O7S. The van der Waals surface area contributed by atoms with Crippen LogP contribution in [0.15, 0.2) is 65.1 Å². The maximum Gasteiger partial charge on any atom is 0.416 e. The number of carbonyl (C=O) groups is 3. The number of benzene rings is 2. The highest BCUT2D eigenvalue weighted by Gasteiger charge is 2.62. The molecule has 53 heavy (non-hydrogen) atoms. The molecule has 4 aliphatic rings. The molecule has 0 bridgehead atoms. The summed E-state index contributed by atoms with van der Waals surface area (Å²) < 4.78 is 80.1. The van der Waals surface area contributed by atoms with Crippen LogP contribution in [-0.4, -0.2) is 70.5 Å². The molecule has 2 aromatic heterocycles. The van der Waals surface area contributed by atoms with Crippen LogP contribution < -0.4 is 14.8 Å². The number of allylic oxidation sites excluding steroid dienone is 1. The minimum atomic E-state index is -4.53. The lowest BCUT2D eigenvalue weighted by molar-refractivity contribution is -0.139. The van der Waals surface area contributed by atoms with Crippen molar-refractivity contribution < 1.29 is 45.1 Å². The van der Waals surface area contributed by atoms with Gasteiger partial charge in [0.1, 0.15) is 28.8 Å². The highest BCUT2D eigenvalue weighted by atomic mass is 32.2. The van der Waals surface area contributed by atoms with E-state index in [0.717, 1.165) is 25.0 Å². The molecule has 4 atom stereocenters. The Morgan fingerprint density at radius 2 is 1.81 bits per heavy atom. The van der Waals surface area contributed by atoms with Crippen LogP contribution in [0.5, 0.6) is 5.88 Å². The molecule has 2 N–H and O–H groups in total. The van der Waals surface area contributed by atoms with Crippen LogP contribution in [0.1, 0.15) is 63.4 Å². The van der Waals surface area contributed by atoms with Gasteiger partial charge in [-0.3, -0.25) is 19.1 Å². The van der Waals surface area contributed by atoms with Gasteiger partial charge in [-0.25, -0.2) is 13.4 Å². The van der Waals surface area contributed by atoms with E-state index in [1.165, 1.54) is 17.0 Å². The summed E-state index contributed by atoms with van der Waals surface area (Å²) in [4.78, 5) is 51.9. The van der Waals surface area contributed by atoms with Gasteiger partial charge in [-0.15, -0.1) is 0 Å². The number of hydrogen-bond donors (Lipinski definition) is 2. The van der Waals surface area contributed by atoms with Gasteiger partial charge < -0.3 is 19.4 Å². The highest BCUT2D eigenvalue weighted by Crippen LogP contribution is 2.46. The predicted octanol–water partition coefficient (Wildman–Crippen LogP) is 5.41. The third kappa shape index (κ3) is 6.84.